The van der Waals surface area contributed by atoms with E-state index in [1.165, 1.54) is 18.2 Å². The molecule has 0 aliphatic carbocycles. The molecule has 2 aromatic heterocycles. The van der Waals surface area contributed by atoms with Gasteiger partial charge in [-0.2, -0.15) is 0 Å². The summed E-state index contributed by atoms with van der Waals surface area (Å²) in [6.07, 6.45) is -0.192. The minimum atomic E-state index is -1.20. The van der Waals surface area contributed by atoms with Crippen LogP contribution < -0.4 is 5.32 Å². The van der Waals surface area contributed by atoms with E-state index < -0.39 is 31.1 Å². The fraction of sp³-hybridized carbons (Fsp3) is 0.500. The molecule has 2 unspecified atom stereocenters. The lowest BCUT2D eigenvalue weighted by atomic mass is 10.00. The number of rotatable bonds is 7. The first-order chi connectivity index (χ1) is 14.9. The third-order valence-corrected chi connectivity index (χ3v) is 5.63. The Morgan fingerprint density at radius 2 is 1.81 bits per heavy atom. The molecule has 1 aromatic carbocycles. The van der Waals surface area contributed by atoms with Gasteiger partial charge in [-0.1, -0.05) is 38.1 Å². The Labute approximate surface area is 180 Å². The van der Waals surface area contributed by atoms with Crippen LogP contribution in [0, 0.1) is 5.92 Å². The molecular formula is C22H29N5O4. The van der Waals surface area contributed by atoms with Gasteiger partial charge >= 0.3 is 0 Å². The normalized spacial score (nSPS) is 24.7. The van der Waals surface area contributed by atoms with Gasteiger partial charge in [0.2, 0.25) is 0 Å². The molecule has 0 bridgehead atoms. The van der Waals surface area contributed by atoms with Crippen molar-refractivity contribution >= 4 is 17.0 Å². The van der Waals surface area contributed by atoms with E-state index >= 15 is 0 Å². The molecule has 0 saturated carbocycles. The van der Waals surface area contributed by atoms with Crippen LogP contribution in [0.4, 0.5) is 5.82 Å². The fourth-order valence-corrected chi connectivity index (χ4v) is 3.96. The zero-order chi connectivity index (χ0) is 22.1. The third kappa shape index (κ3) is 4.27. The van der Waals surface area contributed by atoms with Crippen LogP contribution in [0.5, 0.6) is 0 Å². The van der Waals surface area contributed by atoms with Crippen molar-refractivity contribution in [2.24, 2.45) is 5.92 Å². The number of benzene rings is 1. The Kier molecular flexibility index (Phi) is 6.19. The standard InChI is InChI=1S/C22H29N5O4/c1-12(2)8-14-4-6-15(7-5-14)13(3)26-20-17-21(24-10-23-20)27(11-25-17)22-19(30)18(29)16(9-28)31-22/h4-7,10-13,16,18-19,22,28-30H,8-9H2,1-3H3,(H,23,24,26)/t13?,16-,18?,19+,22-/m1/s1. The Balaban J connectivity index is 1.56. The zero-order valence-corrected chi connectivity index (χ0v) is 17.9. The van der Waals surface area contributed by atoms with Gasteiger partial charge in [-0.3, -0.25) is 4.57 Å². The highest BCUT2D eigenvalue weighted by Gasteiger charge is 2.44. The van der Waals surface area contributed by atoms with E-state index in [9.17, 15) is 15.3 Å². The van der Waals surface area contributed by atoms with Crippen LogP contribution in [0.15, 0.2) is 36.9 Å². The number of nitrogens with zero attached hydrogens (tertiary/aromatic N) is 4. The van der Waals surface area contributed by atoms with Gasteiger partial charge < -0.3 is 25.4 Å². The van der Waals surface area contributed by atoms with Crippen LogP contribution in [0.25, 0.3) is 11.2 Å². The van der Waals surface area contributed by atoms with Gasteiger partial charge in [0, 0.05) is 0 Å². The summed E-state index contributed by atoms with van der Waals surface area (Å²) in [5.74, 6) is 1.18. The molecule has 9 heteroatoms. The lowest BCUT2D eigenvalue weighted by molar-refractivity contribution is -0.0511. The summed E-state index contributed by atoms with van der Waals surface area (Å²) in [5.41, 5.74) is 3.44. The van der Waals surface area contributed by atoms with Crippen molar-refractivity contribution in [1.29, 1.82) is 0 Å². The second-order valence-corrected chi connectivity index (χ2v) is 8.48. The van der Waals surface area contributed by atoms with Gasteiger partial charge in [0.1, 0.15) is 24.6 Å². The number of aliphatic hydroxyl groups is 3. The van der Waals surface area contributed by atoms with Crippen LogP contribution in [0.3, 0.4) is 0 Å². The van der Waals surface area contributed by atoms with Gasteiger partial charge in [0.15, 0.2) is 23.2 Å². The average Bonchev–Trinajstić information content (AvgIpc) is 3.30. The first kappa shape index (κ1) is 21.6. The minimum Gasteiger partial charge on any atom is -0.394 e. The van der Waals surface area contributed by atoms with E-state index in [1.54, 1.807) is 4.57 Å². The highest BCUT2D eigenvalue weighted by atomic mass is 16.6. The summed E-state index contributed by atoms with van der Waals surface area (Å²) in [4.78, 5) is 13.0. The average molecular weight is 428 g/mol. The van der Waals surface area contributed by atoms with Gasteiger partial charge in [0.05, 0.1) is 19.0 Å². The molecule has 1 fully saturated rings. The number of hydrogen-bond acceptors (Lipinski definition) is 8. The largest absolute Gasteiger partial charge is 0.394 e. The Bertz CT molecular complexity index is 1020. The minimum absolute atomic E-state index is 0.00902. The van der Waals surface area contributed by atoms with Crippen molar-refractivity contribution in [2.75, 3.05) is 11.9 Å². The maximum Gasteiger partial charge on any atom is 0.167 e. The molecule has 4 rings (SSSR count). The van der Waals surface area contributed by atoms with Crippen LogP contribution in [0.2, 0.25) is 0 Å². The monoisotopic (exact) mass is 427 g/mol. The molecule has 1 saturated heterocycles. The molecule has 5 atom stereocenters. The van der Waals surface area contributed by atoms with Crippen molar-refractivity contribution in [3.8, 4) is 0 Å². The molecule has 166 valence electrons. The summed E-state index contributed by atoms with van der Waals surface area (Å²) in [5, 5.41) is 33.1. The molecular weight excluding hydrogens is 398 g/mol. The van der Waals surface area contributed by atoms with E-state index in [2.05, 4.69) is 65.3 Å². The van der Waals surface area contributed by atoms with Crippen LogP contribution in [0.1, 0.15) is 44.2 Å². The lowest BCUT2D eigenvalue weighted by Crippen LogP contribution is -2.33. The molecule has 0 radical (unpaired) electrons. The predicted octanol–water partition coefficient (Wildman–Crippen LogP) is 1.81. The molecule has 0 spiro atoms. The Morgan fingerprint density at radius 1 is 1.06 bits per heavy atom. The van der Waals surface area contributed by atoms with Gasteiger partial charge in [-0.15, -0.1) is 0 Å². The van der Waals surface area contributed by atoms with Gasteiger partial charge in [-0.25, -0.2) is 15.0 Å². The van der Waals surface area contributed by atoms with E-state index in [4.69, 9.17) is 4.74 Å². The number of ether oxygens (including phenoxy) is 1. The lowest BCUT2D eigenvalue weighted by Gasteiger charge is -2.17. The smallest absolute Gasteiger partial charge is 0.167 e. The Hall–Kier alpha value is -2.59. The van der Waals surface area contributed by atoms with Crippen molar-refractivity contribution in [2.45, 2.75) is 57.8 Å². The summed E-state index contributed by atoms with van der Waals surface area (Å²) < 4.78 is 7.16. The highest BCUT2D eigenvalue weighted by Crippen LogP contribution is 2.32. The SMILES string of the molecule is CC(C)Cc1ccc(C(C)Nc2ncnc3c2ncn3[C@@H]2O[C@H](CO)C(O)[C@@H]2O)cc1. The second kappa shape index (κ2) is 8.88. The van der Waals surface area contributed by atoms with E-state index in [0.29, 0.717) is 22.9 Å². The van der Waals surface area contributed by atoms with Gasteiger partial charge in [0.25, 0.3) is 0 Å². The molecule has 1 aliphatic heterocycles. The molecule has 4 N–H and O–H groups in total. The third-order valence-electron chi connectivity index (χ3n) is 5.63. The molecule has 9 nitrogen and oxygen atoms in total. The van der Waals surface area contributed by atoms with E-state index in [-0.39, 0.29) is 6.04 Å². The van der Waals surface area contributed by atoms with Crippen molar-refractivity contribution < 1.29 is 20.1 Å². The number of aliphatic hydroxyl groups excluding tert-OH is 3. The number of anilines is 1. The molecule has 3 heterocycles. The molecule has 1 aliphatic rings. The fourth-order valence-electron chi connectivity index (χ4n) is 3.96. The van der Waals surface area contributed by atoms with Crippen molar-refractivity contribution in [3.63, 3.8) is 0 Å². The van der Waals surface area contributed by atoms with Crippen LogP contribution in [-0.4, -0.2) is 59.8 Å². The van der Waals surface area contributed by atoms with E-state index in [1.807, 2.05) is 0 Å². The van der Waals surface area contributed by atoms with Crippen LogP contribution in [-0.2, 0) is 11.2 Å². The van der Waals surface area contributed by atoms with Crippen molar-refractivity contribution in [1.82, 2.24) is 19.5 Å². The topological polar surface area (TPSA) is 126 Å². The Morgan fingerprint density at radius 3 is 2.45 bits per heavy atom. The highest BCUT2D eigenvalue weighted by molar-refractivity contribution is 5.82. The second-order valence-electron chi connectivity index (χ2n) is 8.48. The number of fused-ring (bicyclic) bond motifs is 1. The number of nitrogens with one attached hydrogen (secondary N) is 1. The summed E-state index contributed by atoms with van der Waals surface area (Å²) in [6, 6.07) is 8.53. The van der Waals surface area contributed by atoms with Crippen LogP contribution >= 0.6 is 0 Å². The summed E-state index contributed by atoms with van der Waals surface area (Å²) in [6.45, 7) is 6.07. The maximum absolute atomic E-state index is 10.3. The first-order valence-electron chi connectivity index (χ1n) is 10.5. The summed E-state index contributed by atoms with van der Waals surface area (Å²) >= 11 is 0. The number of imidazole rings is 1. The zero-order valence-electron chi connectivity index (χ0n) is 17.9. The molecule has 31 heavy (non-hydrogen) atoms. The molecule has 3 aromatic rings. The van der Waals surface area contributed by atoms with Crippen molar-refractivity contribution in [3.05, 3.63) is 48.0 Å². The molecule has 0 amide bonds. The summed E-state index contributed by atoms with van der Waals surface area (Å²) in [7, 11) is 0. The maximum atomic E-state index is 10.3. The van der Waals surface area contributed by atoms with E-state index in [0.717, 1.165) is 12.0 Å². The predicted molar refractivity (Wildman–Crippen MR) is 115 cm³/mol. The van der Waals surface area contributed by atoms with Gasteiger partial charge in [-0.05, 0) is 30.4 Å². The first-order valence-corrected chi connectivity index (χ1v) is 10.5. The number of hydrogen-bond donors (Lipinski definition) is 4. The number of aromatic nitrogens is 4. The quantitative estimate of drug-likeness (QED) is 0.450.